The third kappa shape index (κ3) is 5.26. The van der Waals surface area contributed by atoms with Gasteiger partial charge >= 0.3 is 0 Å². The summed E-state index contributed by atoms with van der Waals surface area (Å²) in [6, 6.07) is 11.4. The van der Waals surface area contributed by atoms with E-state index in [1.54, 1.807) is 0 Å². The maximum atomic E-state index is 3.46. The van der Waals surface area contributed by atoms with Crippen LogP contribution < -0.4 is 5.32 Å². The van der Waals surface area contributed by atoms with Gasteiger partial charge in [-0.1, -0.05) is 30.3 Å². The first-order valence-corrected chi connectivity index (χ1v) is 5.81. The molecule has 1 aliphatic heterocycles. The quantitative estimate of drug-likeness (QED) is 0.914. The molecule has 1 aliphatic rings. The van der Waals surface area contributed by atoms with Gasteiger partial charge in [-0.05, 0) is 32.0 Å². The molecule has 1 aromatic rings. The molecule has 17 heavy (non-hydrogen) atoms. The third-order valence-corrected chi connectivity index (χ3v) is 3.17. The van der Waals surface area contributed by atoms with E-state index in [1.807, 2.05) is 0 Å². The van der Waals surface area contributed by atoms with Crippen molar-refractivity contribution in [2.75, 3.05) is 20.1 Å². The van der Waals surface area contributed by atoms with Crippen molar-refractivity contribution < 1.29 is 0 Å². The van der Waals surface area contributed by atoms with Crippen LogP contribution >= 0.6 is 24.8 Å². The van der Waals surface area contributed by atoms with Crippen LogP contribution in [-0.4, -0.2) is 31.1 Å². The number of rotatable bonds is 3. The van der Waals surface area contributed by atoms with Crippen molar-refractivity contribution in [2.24, 2.45) is 0 Å². The van der Waals surface area contributed by atoms with Crippen molar-refractivity contribution in [1.29, 1.82) is 0 Å². The Morgan fingerprint density at radius 1 is 1.24 bits per heavy atom. The SMILES string of the molecule is CN(Cc1ccccc1)C1CCCNC1.Cl.Cl. The standard InChI is InChI=1S/C13H20N2.2ClH/c1-15(13-8-5-9-14-10-13)11-12-6-3-2-4-7-12;;/h2-4,6-7,13-14H,5,8-11H2,1H3;2*1H. The fourth-order valence-corrected chi connectivity index (χ4v) is 2.21. The highest BCUT2D eigenvalue weighted by Crippen LogP contribution is 2.11. The fraction of sp³-hybridized carbons (Fsp3) is 0.538. The molecule has 0 spiro atoms. The number of halogens is 2. The smallest absolute Gasteiger partial charge is 0.0234 e. The zero-order valence-corrected chi connectivity index (χ0v) is 11.9. The molecule has 0 bridgehead atoms. The summed E-state index contributed by atoms with van der Waals surface area (Å²) in [5.74, 6) is 0. The Labute approximate surface area is 117 Å². The minimum absolute atomic E-state index is 0. The summed E-state index contributed by atoms with van der Waals surface area (Å²) in [6.45, 7) is 3.40. The van der Waals surface area contributed by atoms with Crippen LogP contribution in [0.15, 0.2) is 30.3 Å². The Balaban J connectivity index is 0.00000128. The van der Waals surface area contributed by atoms with Gasteiger partial charge in [0.05, 0.1) is 0 Å². The van der Waals surface area contributed by atoms with E-state index in [-0.39, 0.29) is 24.8 Å². The first-order chi connectivity index (χ1) is 7.36. The fourth-order valence-electron chi connectivity index (χ4n) is 2.21. The van der Waals surface area contributed by atoms with Crippen LogP contribution in [0.25, 0.3) is 0 Å². The van der Waals surface area contributed by atoms with E-state index >= 15 is 0 Å². The number of nitrogens with zero attached hydrogens (tertiary/aromatic N) is 1. The Bertz CT molecular complexity index is 287. The predicted octanol–water partition coefficient (Wildman–Crippen LogP) is 2.71. The summed E-state index contributed by atoms with van der Waals surface area (Å²) in [5.41, 5.74) is 1.41. The molecule has 0 amide bonds. The van der Waals surface area contributed by atoms with E-state index in [1.165, 1.54) is 24.9 Å². The van der Waals surface area contributed by atoms with Gasteiger partial charge in [0.2, 0.25) is 0 Å². The average Bonchev–Trinajstić information content (AvgIpc) is 2.31. The lowest BCUT2D eigenvalue weighted by Crippen LogP contribution is -2.43. The maximum absolute atomic E-state index is 3.46. The second-order valence-corrected chi connectivity index (χ2v) is 4.40. The van der Waals surface area contributed by atoms with Crippen LogP contribution in [0.1, 0.15) is 18.4 Å². The summed E-state index contributed by atoms with van der Waals surface area (Å²) < 4.78 is 0. The Hall–Kier alpha value is -0.280. The van der Waals surface area contributed by atoms with E-state index < -0.39 is 0 Å². The summed E-state index contributed by atoms with van der Waals surface area (Å²) in [5, 5.41) is 3.46. The Kier molecular flexibility index (Phi) is 8.61. The normalized spacial score (nSPS) is 19.3. The molecule has 1 saturated heterocycles. The van der Waals surface area contributed by atoms with Crippen molar-refractivity contribution >= 4 is 24.8 Å². The highest BCUT2D eigenvalue weighted by molar-refractivity contribution is 5.85. The molecule has 1 aromatic carbocycles. The number of nitrogens with one attached hydrogen (secondary N) is 1. The second-order valence-electron chi connectivity index (χ2n) is 4.40. The summed E-state index contributed by atoms with van der Waals surface area (Å²) in [7, 11) is 2.23. The first-order valence-electron chi connectivity index (χ1n) is 5.81. The monoisotopic (exact) mass is 276 g/mol. The van der Waals surface area contributed by atoms with Crippen molar-refractivity contribution in [3.8, 4) is 0 Å². The lowest BCUT2D eigenvalue weighted by molar-refractivity contribution is 0.196. The average molecular weight is 277 g/mol. The number of piperidine rings is 1. The van der Waals surface area contributed by atoms with E-state index in [0.717, 1.165) is 13.1 Å². The van der Waals surface area contributed by atoms with Gasteiger partial charge in [0.25, 0.3) is 0 Å². The molecular formula is C13H22Cl2N2. The number of benzene rings is 1. The zero-order valence-electron chi connectivity index (χ0n) is 10.3. The maximum Gasteiger partial charge on any atom is 0.0234 e. The summed E-state index contributed by atoms with van der Waals surface area (Å²) in [6.07, 6.45) is 2.64. The van der Waals surface area contributed by atoms with Gasteiger partial charge in [0, 0.05) is 19.1 Å². The molecule has 98 valence electrons. The Morgan fingerprint density at radius 2 is 1.94 bits per heavy atom. The molecule has 1 heterocycles. The predicted molar refractivity (Wildman–Crippen MR) is 78.3 cm³/mol. The third-order valence-electron chi connectivity index (χ3n) is 3.17. The van der Waals surface area contributed by atoms with Gasteiger partial charge in [-0.15, -0.1) is 24.8 Å². The molecular weight excluding hydrogens is 255 g/mol. The van der Waals surface area contributed by atoms with Crippen LogP contribution in [0.2, 0.25) is 0 Å². The van der Waals surface area contributed by atoms with Crippen LogP contribution in [0, 0.1) is 0 Å². The van der Waals surface area contributed by atoms with Crippen LogP contribution in [-0.2, 0) is 6.54 Å². The topological polar surface area (TPSA) is 15.3 Å². The molecule has 1 unspecified atom stereocenters. The first kappa shape index (κ1) is 16.7. The lowest BCUT2D eigenvalue weighted by atomic mass is 10.1. The van der Waals surface area contributed by atoms with Gasteiger partial charge in [-0.25, -0.2) is 0 Å². The summed E-state index contributed by atoms with van der Waals surface area (Å²) >= 11 is 0. The number of hydrogen-bond donors (Lipinski definition) is 1. The van der Waals surface area contributed by atoms with Gasteiger partial charge in [-0.2, -0.15) is 0 Å². The number of likely N-dealkylation sites (N-methyl/N-ethyl adjacent to an activating group) is 1. The molecule has 0 radical (unpaired) electrons. The van der Waals surface area contributed by atoms with Crippen LogP contribution in [0.3, 0.4) is 0 Å². The highest BCUT2D eigenvalue weighted by Gasteiger charge is 2.17. The van der Waals surface area contributed by atoms with Crippen molar-refractivity contribution in [3.05, 3.63) is 35.9 Å². The van der Waals surface area contributed by atoms with Crippen molar-refractivity contribution in [2.45, 2.75) is 25.4 Å². The van der Waals surface area contributed by atoms with E-state index in [9.17, 15) is 0 Å². The molecule has 2 nitrogen and oxygen atoms in total. The molecule has 0 aliphatic carbocycles. The molecule has 1 fully saturated rings. The second kappa shape index (κ2) is 8.76. The Morgan fingerprint density at radius 3 is 2.53 bits per heavy atom. The minimum atomic E-state index is 0. The molecule has 1 atom stereocenters. The number of hydrogen-bond acceptors (Lipinski definition) is 2. The van der Waals surface area contributed by atoms with E-state index in [4.69, 9.17) is 0 Å². The van der Waals surface area contributed by atoms with Gasteiger partial charge in [-0.3, -0.25) is 4.90 Å². The van der Waals surface area contributed by atoms with Crippen LogP contribution in [0.5, 0.6) is 0 Å². The molecule has 2 rings (SSSR count). The zero-order chi connectivity index (χ0) is 10.5. The van der Waals surface area contributed by atoms with Gasteiger partial charge < -0.3 is 5.32 Å². The van der Waals surface area contributed by atoms with E-state index in [2.05, 4.69) is 47.6 Å². The summed E-state index contributed by atoms with van der Waals surface area (Å²) in [4.78, 5) is 2.46. The minimum Gasteiger partial charge on any atom is -0.315 e. The molecule has 1 N–H and O–H groups in total. The molecule has 4 heteroatoms. The van der Waals surface area contributed by atoms with Gasteiger partial charge in [0.15, 0.2) is 0 Å². The molecule has 0 saturated carbocycles. The largest absolute Gasteiger partial charge is 0.315 e. The highest BCUT2D eigenvalue weighted by atomic mass is 35.5. The van der Waals surface area contributed by atoms with Crippen molar-refractivity contribution in [3.63, 3.8) is 0 Å². The lowest BCUT2D eigenvalue weighted by Gasteiger charge is -2.31. The van der Waals surface area contributed by atoms with Crippen molar-refractivity contribution in [1.82, 2.24) is 10.2 Å². The van der Waals surface area contributed by atoms with Crippen LogP contribution in [0.4, 0.5) is 0 Å². The van der Waals surface area contributed by atoms with E-state index in [0.29, 0.717) is 6.04 Å². The molecule has 0 aromatic heterocycles. The van der Waals surface area contributed by atoms with Gasteiger partial charge in [0.1, 0.15) is 0 Å².